The van der Waals surface area contributed by atoms with E-state index in [-0.39, 0.29) is 23.8 Å². The molecule has 3 N–H and O–H groups in total. The number of aromatic carboxylic acids is 1. The van der Waals surface area contributed by atoms with Crippen molar-refractivity contribution in [2.45, 2.75) is 25.8 Å². The van der Waals surface area contributed by atoms with Gasteiger partial charge in [0.05, 0.1) is 0 Å². The van der Waals surface area contributed by atoms with E-state index in [1.54, 1.807) is 4.90 Å². The van der Waals surface area contributed by atoms with Gasteiger partial charge in [0.2, 0.25) is 0 Å². The maximum Gasteiger partial charge on any atom is 0.339 e. The van der Waals surface area contributed by atoms with Crippen LogP contribution in [0.3, 0.4) is 0 Å². The van der Waals surface area contributed by atoms with Gasteiger partial charge < -0.3 is 20.5 Å². The molecule has 0 spiro atoms. The number of carboxylic acid groups (broad SMARTS) is 1. The number of rotatable bonds is 6. The summed E-state index contributed by atoms with van der Waals surface area (Å²) in [5, 5.41) is 9.06. The van der Waals surface area contributed by atoms with Crippen molar-refractivity contribution in [2.75, 3.05) is 18.9 Å². The lowest BCUT2D eigenvalue weighted by Gasteiger charge is -2.20. The number of benzene rings is 1. The molecule has 20 heavy (non-hydrogen) atoms. The van der Waals surface area contributed by atoms with Gasteiger partial charge in [0, 0.05) is 24.3 Å². The fraction of sp³-hybridized carbons (Fsp3) is 0.429. The van der Waals surface area contributed by atoms with Gasteiger partial charge >= 0.3 is 5.97 Å². The van der Waals surface area contributed by atoms with Crippen molar-refractivity contribution >= 4 is 17.6 Å². The number of nitrogen functional groups attached to an aromatic ring is 1. The first kappa shape index (κ1) is 14.2. The Bertz CT molecular complexity index is 526. The molecule has 1 aliphatic carbocycles. The monoisotopic (exact) mass is 278 g/mol. The number of likely N-dealkylation sites (N-methyl/N-ethyl adjacent to an activating group) is 1. The molecule has 0 unspecified atom stereocenters. The van der Waals surface area contributed by atoms with Crippen LogP contribution in [0.1, 0.15) is 30.1 Å². The van der Waals surface area contributed by atoms with Crippen molar-refractivity contribution in [1.82, 2.24) is 4.90 Å². The quantitative estimate of drug-likeness (QED) is 0.766. The van der Waals surface area contributed by atoms with Crippen LogP contribution in [0.5, 0.6) is 5.75 Å². The lowest BCUT2D eigenvalue weighted by molar-refractivity contribution is -0.133. The third-order valence-corrected chi connectivity index (χ3v) is 3.24. The van der Waals surface area contributed by atoms with Crippen molar-refractivity contribution in [2.24, 2.45) is 0 Å². The molecule has 1 aliphatic rings. The Hall–Kier alpha value is -2.24. The van der Waals surface area contributed by atoms with Crippen LogP contribution in [0.2, 0.25) is 0 Å². The lowest BCUT2D eigenvalue weighted by atomic mass is 10.2. The molecule has 0 aromatic heterocycles. The highest BCUT2D eigenvalue weighted by Gasteiger charge is 2.31. The Morgan fingerprint density at radius 2 is 2.15 bits per heavy atom. The molecular formula is C14H18N2O4. The number of hydrogen-bond acceptors (Lipinski definition) is 4. The summed E-state index contributed by atoms with van der Waals surface area (Å²) in [6, 6.07) is 4.59. The molecule has 1 saturated carbocycles. The molecule has 6 heteroatoms. The molecule has 108 valence electrons. The first-order valence-electron chi connectivity index (χ1n) is 6.58. The second-order valence-corrected chi connectivity index (χ2v) is 4.76. The predicted octanol–water partition coefficient (Wildman–Crippen LogP) is 1.36. The topological polar surface area (TPSA) is 92.9 Å². The van der Waals surface area contributed by atoms with E-state index < -0.39 is 5.97 Å². The lowest BCUT2D eigenvalue weighted by Crippen LogP contribution is -2.36. The van der Waals surface area contributed by atoms with Crippen LogP contribution >= 0.6 is 0 Å². The Kier molecular flexibility index (Phi) is 4.12. The fourth-order valence-electron chi connectivity index (χ4n) is 2.08. The highest BCUT2D eigenvalue weighted by molar-refractivity contribution is 5.91. The number of carboxylic acids is 1. The van der Waals surface area contributed by atoms with Crippen molar-refractivity contribution in [3.8, 4) is 5.75 Å². The SMILES string of the molecule is CCN(C(=O)COc1cc(N)ccc1C(=O)O)C1CC1. The third-order valence-electron chi connectivity index (χ3n) is 3.24. The summed E-state index contributed by atoms with van der Waals surface area (Å²) < 4.78 is 5.35. The molecule has 0 bridgehead atoms. The molecule has 0 heterocycles. The second kappa shape index (κ2) is 5.81. The summed E-state index contributed by atoms with van der Waals surface area (Å²) in [4.78, 5) is 24.8. The molecule has 6 nitrogen and oxygen atoms in total. The number of hydrogen-bond donors (Lipinski definition) is 2. The van der Waals surface area contributed by atoms with Crippen LogP contribution in [-0.4, -0.2) is 41.1 Å². The first-order chi connectivity index (χ1) is 9.52. The summed E-state index contributed by atoms with van der Waals surface area (Å²) in [6.45, 7) is 2.38. The highest BCUT2D eigenvalue weighted by Crippen LogP contribution is 2.27. The van der Waals surface area contributed by atoms with Gasteiger partial charge in [0.15, 0.2) is 6.61 Å². The van der Waals surface area contributed by atoms with E-state index in [1.807, 2.05) is 6.92 Å². The summed E-state index contributed by atoms with van der Waals surface area (Å²) in [6.07, 6.45) is 2.05. The number of anilines is 1. The van der Waals surface area contributed by atoms with Gasteiger partial charge in [-0.15, -0.1) is 0 Å². The Balaban J connectivity index is 2.04. The smallest absolute Gasteiger partial charge is 0.339 e. The third kappa shape index (κ3) is 3.20. The summed E-state index contributed by atoms with van der Waals surface area (Å²) >= 11 is 0. The summed E-state index contributed by atoms with van der Waals surface area (Å²) in [5.74, 6) is -1.12. The maximum absolute atomic E-state index is 12.0. The normalized spacial score (nSPS) is 13.8. The minimum atomic E-state index is -1.11. The molecular weight excluding hydrogens is 260 g/mol. The fourth-order valence-corrected chi connectivity index (χ4v) is 2.08. The molecule has 1 aromatic rings. The molecule has 1 amide bonds. The van der Waals surface area contributed by atoms with Crippen molar-refractivity contribution < 1.29 is 19.4 Å². The van der Waals surface area contributed by atoms with E-state index in [0.717, 1.165) is 12.8 Å². The van der Waals surface area contributed by atoms with Crippen LogP contribution in [-0.2, 0) is 4.79 Å². The van der Waals surface area contributed by atoms with E-state index in [1.165, 1.54) is 18.2 Å². The van der Waals surface area contributed by atoms with E-state index in [0.29, 0.717) is 18.3 Å². The highest BCUT2D eigenvalue weighted by atomic mass is 16.5. The van der Waals surface area contributed by atoms with Gasteiger partial charge in [-0.2, -0.15) is 0 Å². The molecule has 2 rings (SSSR count). The molecule has 0 aliphatic heterocycles. The Labute approximate surface area is 117 Å². The largest absolute Gasteiger partial charge is 0.483 e. The number of amides is 1. The Morgan fingerprint density at radius 3 is 2.70 bits per heavy atom. The van der Waals surface area contributed by atoms with E-state index in [9.17, 15) is 9.59 Å². The zero-order chi connectivity index (χ0) is 14.7. The van der Waals surface area contributed by atoms with Gasteiger partial charge in [-0.1, -0.05) is 0 Å². The van der Waals surface area contributed by atoms with Crippen LogP contribution < -0.4 is 10.5 Å². The average molecular weight is 278 g/mol. The maximum atomic E-state index is 12.0. The van der Waals surface area contributed by atoms with Crippen molar-refractivity contribution in [3.63, 3.8) is 0 Å². The molecule has 1 fully saturated rings. The number of nitrogens with two attached hydrogens (primary N) is 1. The predicted molar refractivity (Wildman–Crippen MR) is 73.7 cm³/mol. The van der Waals surface area contributed by atoms with E-state index in [4.69, 9.17) is 15.6 Å². The van der Waals surface area contributed by atoms with Gasteiger partial charge in [-0.25, -0.2) is 4.79 Å². The Morgan fingerprint density at radius 1 is 1.45 bits per heavy atom. The minimum absolute atomic E-state index is 0.00136. The number of carbonyl (C=O) groups excluding carboxylic acids is 1. The first-order valence-corrected chi connectivity index (χ1v) is 6.58. The summed E-state index contributed by atoms with van der Waals surface area (Å²) in [5.41, 5.74) is 6.01. The van der Waals surface area contributed by atoms with Crippen LogP contribution in [0.15, 0.2) is 18.2 Å². The van der Waals surface area contributed by atoms with Gasteiger partial charge in [-0.3, -0.25) is 4.79 Å². The second-order valence-electron chi connectivity index (χ2n) is 4.76. The number of carbonyl (C=O) groups is 2. The molecule has 0 radical (unpaired) electrons. The zero-order valence-electron chi connectivity index (χ0n) is 11.3. The summed E-state index contributed by atoms with van der Waals surface area (Å²) in [7, 11) is 0. The van der Waals surface area contributed by atoms with Crippen molar-refractivity contribution in [3.05, 3.63) is 23.8 Å². The van der Waals surface area contributed by atoms with Gasteiger partial charge in [0.25, 0.3) is 5.91 Å². The van der Waals surface area contributed by atoms with Crippen LogP contribution in [0, 0.1) is 0 Å². The molecule has 1 aromatic carbocycles. The number of nitrogens with zero attached hydrogens (tertiary/aromatic N) is 1. The molecule has 0 saturated heterocycles. The molecule has 0 atom stereocenters. The zero-order valence-corrected chi connectivity index (χ0v) is 11.3. The van der Waals surface area contributed by atoms with E-state index >= 15 is 0 Å². The van der Waals surface area contributed by atoms with Crippen LogP contribution in [0.25, 0.3) is 0 Å². The van der Waals surface area contributed by atoms with E-state index in [2.05, 4.69) is 0 Å². The van der Waals surface area contributed by atoms with Gasteiger partial charge in [-0.05, 0) is 31.9 Å². The standard InChI is InChI=1S/C14H18N2O4/c1-2-16(10-4-5-10)13(17)8-20-12-7-9(15)3-6-11(12)14(18)19/h3,6-7,10H,2,4-5,8,15H2,1H3,(H,18,19). The minimum Gasteiger partial charge on any atom is -0.483 e. The average Bonchev–Trinajstić information content (AvgIpc) is 3.21. The number of ether oxygens (including phenoxy) is 1. The van der Waals surface area contributed by atoms with Crippen molar-refractivity contribution in [1.29, 1.82) is 0 Å². The van der Waals surface area contributed by atoms with Gasteiger partial charge in [0.1, 0.15) is 11.3 Å². The van der Waals surface area contributed by atoms with Crippen LogP contribution in [0.4, 0.5) is 5.69 Å².